The Balaban J connectivity index is 2.80. The number of carbonyl (C=O) groups is 2. The van der Waals surface area contributed by atoms with E-state index >= 15 is 0 Å². The van der Waals surface area contributed by atoms with Crippen LogP contribution in [0.3, 0.4) is 0 Å². The van der Waals surface area contributed by atoms with E-state index in [9.17, 15) is 18.0 Å². The molecule has 7 nitrogen and oxygen atoms in total. The molecular weight excluding hydrogens is 380 g/mol. The van der Waals surface area contributed by atoms with Gasteiger partial charge in [-0.1, -0.05) is 44.9 Å². The van der Waals surface area contributed by atoms with E-state index in [1.54, 1.807) is 32.3 Å². The molecule has 1 rings (SSSR count). The average molecular weight is 413 g/mol. The number of benzene rings is 1. The Labute approximate surface area is 168 Å². The molecule has 0 radical (unpaired) electrons. The van der Waals surface area contributed by atoms with Crippen LogP contribution in [0.5, 0.6) is 5.75 Å². The van der Waals surface area contributed by atoms with Crippen molar-refractivity contribution >= 4 is 21.7 Å². The molecule has 0 saturated heterocycles. The molecule has 1 N–H and O–H groups in total. The largest absolute Gasteiger partial charge is 0.483 e. The number of hydrogen-bond donors (Lipinski definition) is 1. The maximum atomic E-state index is 12.3. The van der Waals surface area contributed by atoms with E-state index < -0.39 is 27.5 Å². The lowest BCUT2D eigenvalue weighted by atomic mass is 10.0. The molecule has 0 aliphatic rings. The van der Waals surface area contributed by atoms with E-state index in [2.05, 4.69) is 5.32 Å². The monoisotopic (exact) mass is 412 g/mol. The number of sulfone groups is 1. The number of nitrogens with one attached hydrogen (secondary N) is 1. The van der Waals surface area contributed by atoms with Crippen molar-refractivity contribution in [2.45, 2.75) is 45.6 Å². The van der Waals surface area contributed by atoms with E-state index in [0.29, 0.717) is 24.2 Å². The minimum Gasteiger partial charge on any atom is -0.483 e. The molecule has 0 spiro atoms. The normalized spacial score (nSPS) is 12.3. The smallest absolute Gasteiger partial charge is 0.259 e. The minimum absolute atomic E-state index is 0.0252. The van der Waals surface area contributed by atoms with Crippen molar-refractivity contribution in [2.24, 2.45) is 0 Å². The number of hydrogen-bond acceptors (Lipinski definition) is 5. The van der Waals surface area contributed by atoms with E-state index in [0.717, 1.165) is 12.8 Å². The lowest BCUT2D eigenvalue weighted by molar-refractivity contribution is -0.130. The second-order valence-corrected chi connectivity index (χ2v) is 9.13. The van der Waals surface area contributed by atoms with Gasteiger partial charge in [-0.15, -0.1) is 0 Å². The van der Waals surface area contributed by atoms with Crippen LogP contribution < -0.4 is 10.1 Å². The van der Waals surface area contributed by atoms with E-state index in [1.165, 1.54) is 4.90 Å². The molecular formula is C20H32N2O5S. The minimum atomic E-state index is -3.42. The highest BCUT2D eigenvalue weighted by Crippen LogP contribution is 2.27. The lowest BCUT2D eigenvalue weighted by Gasteiger charge is -2.21. The standard InChI is InChI=1S/C20H32N2O5S/c1-5-7-10-13-28(25,26)15-19(23)21-17(6-2)16-11-8-9-12-18(16)27-14-20(24)22(3)4/h8-9,11-12,17H,5-7,10,13-15H2,1-4H3,(H,21,23). The van der Waals surface area contributed by atoms with Crippen molar-refractivity contribution in [3.63, 3.8) is 0 Å². The Morgan fingerprint density at radius 1 is 1.14 bits per heavy atom. The highest BCUT2D eigenvalue weighted by atomic mass is 32.2. The molecule has 28 heavy (non-hydrogen) atoms. The summed E-state index contributed by atoms with van der Waals surface area (Å²) in [6.07, 6.45) is 2.88. The first kappa shape index (κ1) is 23.9. The van der Waals surface area contributed by atoms with Crippen LogP contribution in [0, 0.1) is 0 Å². The Hall–Kier alpha value is -2.09. The maximum Gasteiger partial charge on any atom is 0.259 e. The second-order valence-electron chi connectivity index (χ2n) is 6.94. The fraction of sp³-hybridized carbons (Fsp3) is 0.600. The summed E-state index contributed by atoms with van der Waals surface area (Å²) in [7, 11) is -0.131. The summed E-state index contributed by atoms with van der Waals surface area (Å²) in [5.74, 6) is -0.699. The zero-order valence-electron chi connectivity index (χ0n) is 17.2. The molecule has 2 amide bonds. The molecule has 0 aliphatic heterocycles. The molecule has 1 aromatic carbocycles. The first-order valence-corrected chi connectivity index (χ1v) is 11.4. The number of rotatable bonds is 12. The van der Waals surface area contributed by atoms with E-state index in [-0.39, 0.29) is 18.3 Å². The van der Waals surface area contributed by atoms with Gasteiger partial charge in [0.2, 0.25) is 5.91 Å². The predicted molar refractivity (Wildman–Crippen MR) is 110 cm³/mol. The van der Waals surface area contributed by atoms with Gasteiger partial charge in [-0.05, 0) is 18.9 Å². The summed E-state index contributed by atoms with van der Waals surface area (Å²) < 4.78 is 29.8. The summed E-state index contributed by atoms with van der Waals surface area (Å²) in [5, 5.41) is 2.79. The molecule has 0 bridgehead atoms. The zero-order valence-corrected chi connectivity index (χ0v) is 18.0. The first-order valence-electron chi connectivity index (χ1n) is 9.61. The van der Waals surface area contributed by atoms with Crippen molar-refractivity contribution in [3.05, 3.63) is 29.8 Å². The van der Waals surface area contributed by atoms with Crippen LogP contribution in [0.2, 0.25) is 0 Å². The van der Waals surface area contributed by atoms with Crippen LogP contribution in [0.15, 0.2) is 24.3 Å². The molecule has 158 valence electrons. The third-order valence-corrected chi connectivity index (χ3v) is 5.91. The number of amides is 2. The first-order chi connectivity index (χ1) is 13.2. The summed E-state index contributed by atoms with van der Waals surface area (Å²) >= 11 is 0. The SMILES string of the molecule is CCCCCS(=O)(=O)CC(=O)NC(CC)c1ccccc1OCC(=O)N(C)C. The molecule has 0 fully saturated rings. The van der Waals surface area contributed by atoms with Crippen LogP contribution in [-0.4, -0.2) is 57.3 Å². The van der Waals surface area contributed by atoms with Gasteiger partial charge >= 0.3 is 0 Å². The van der Waals surface area contributed by atoms with Gasteiger partial charge in [0, 0.05) is 19.7 Å². The third-order valence-electron chi connectivity index (χ3n) is 4.30. The molecule has 1 aromatic rings. The maximum absolute atomic E-state index is 12.3. The molecule has 0 aliphatic carbocycles. The van der Waals surface area contributed by atoms with Crippen LogP contribution in [0.4, 0.5) is 0 Å². The number of likely N-dealkylation sites (N-methyl/N-ethyl adjacent to an activating group) is 1. The van der Waals surface area contributed by atoms with Crippen molar-refractivity contribution in [1.82, 2.24) is 10.2 Å². The lowest BCUT2D eigenvalue weighted by Crippen LogP contribution is -2.34. The summed E-state index contributed by atoms with van der Waals surface area (Å²) in [6, 6.07) is 6.73. The van der Waals surface area contributed by atoms with Gasteiger partial charge in [0.05, 0.1) is 11.8 Å². The van der Waals surface area contributed by atoms with Crippen molar-refractivity contribution in [3.8, 4) is 5.75 Å². The summed E-state index contributed by atoms with van der Waals surface area (Å²) in [6.45, 7) is 3.78. The zero-order chi connectivity index (χ0) is 21.2. The van der Waals surface area contributed by atoms with Gasteiger partial charge in [0.25, 0.3) is 5.91 Å². The molecule has 0 saturated carbocycles. The molecule has 1 atom stereocenters. The van der Waals surface area contributed by atoms with Gasteiger partial charge in [0.1, 0.15) is 11.5 Å². The van der Waals surface area contributed by atoms with Gasteiger partial charge in [-0.3, -0.25) is 9.59 Å². The van der Waals surface area contributed by atoms with Crippen molar-refractivity contribution in [1.29, 1.82) is 0 Å². The fourth-order valence-electron chi connectivity index (χ4n) is 2.65. The molecule has 1 unspecified atom stereocenters. The Morgan fingerprint density at radius 2 is 1.82 bits per heavy atom. The van der Waals surface area contributed by atoms with Crippen LogP contribution >= 0.6 is 0 Å². The van der Waals surface area contributed by atoms with Crippen molar-refractivity contribution in [2.75, 3.05) is 32.2 Å². The summed E-state index contributed by atoms with van der Waals surface area (Å²) in [4.78, 5) is 25.5. The highest BCUT2D eigenvalue weighted by Gasteiger charge is 2.21. The van der Waals surface area contributed by atoms with Gasteiger partial charge < -0.3 is 15.0 Å². The number of nitrogens with zero attached hydrogens (tertiary/aromatic N) is 1. The molecule has 0 heterocycles. The number of ether oxygens (including phenoxy) is 1. The van der Waals surface area contributed by atoms with Crippen LogP contribution in [0.1, 0.15) is 51.1 Å². The molecule has 8 heteroatoms. The Morgan fingerprint density at radius 3 is 2.43 bits per heavy atom. The Kier molecular flexibility index (Phi) is 9.99. The predicted octanol–water partition coefficient (Wildman–Crippen LogP) is 2.33. The van der Waals surface area contributed by atoms with Gasteiger partial charge in [0.15, 0.2) is 16.4 Å². The van der Waals surface area contributed by atoms with Crippen LogP contribution in [0.25, 0.3) is 0 Å². The highest BCUT2D eigenvalue weighted by molar-refractivity contribution is 7.92. The topological polar surface area (TPSA) is 92.8 Å². The fourth-order valence-corrected chi connectivity index (χ4v) is 3.92. The number of carbonyl (C=O) groups excluding carboxylic acids is 2. The quantitative estimate of drug-likeness (QED) is 0.532. The Bertz CT molecular complexity index is 747. The van der Waals surface area contributed by atoms with E-state index in [4.69, 9.17) is 4.74 Å². The molecule has 0 aromatic heterocycles. The van der Waals surface area contributed by atoms with Gasteiger partial charge in [-0.25, -0.2) is 8.42 Å². The third kappa shape index (κ3) is 8.29. The average Bonchev–Trinajstić information content (AvgIpc) is 2.64. The van der Waals surface area contributed by atoms with Gasteiger partial charge in [-0.2, -0.15) is 0 Å². The second kappa shape index (κ2) is 11.7. The number of unbranched alkanes of at least 4 members (excludes halogenated alkanes) is 2. The van der Waals surface area contributed by atoms with Crippen molar-refractivity contribution < 1.29 is 22.7 Å². The van der Waals surface area contributed by atoms with E-state index in [1.807, 2.05) is 19.9 Å². The summed E-state index contributed by atoms with van der Waals surface area (Å²) in [5.41, 5.74) is 0.716. The van der Waals surface area contributed by atoms with Crippen LogP contribution in [-0.2, 0) is 19.4 Å². The number of para-hydroxylation sites is 1.